The summed E-state index contributed by atoms with van der Waals surface area (Å²) in [6, 6.07) is 8.05. The summed E-state index contributed by atoms with van der Waals surface area (Å²) < 4.78 is 14.6. The lowest BCUT2D eigenvalue weighted by Gasteiger charge is -1.97. The predicted octanol–water partition coefficient (Wildman–Crippen LogP) is 3.30. The quantitative estimate of drug-likeness (QED) is 0.780. The molecule has 0 saturated heterocycles. The van der Waals surface area contributed by atoms with Crippen LogP contribution in [-0.4, -0.2) is 9.38 Å². The largest absolute Gasteiger partial charge is 0.396 e. The van der Waals surface area contributed by atoms with Crippen molar-refractivity contribution in [3.05, 3.63) is 64.8 Å². The average Bonchev–Trinajstić information content (AvgIpc) is 2.75. The number of anilines is 1. The van der Waals surface area contributed by atoms with Crippen LogP contribution in [0.5, 0.6) is 0 Å². The molecule has 2 aromatic heterocycles. The summed E-state index contributed by atoms with van der Waals surface area (Å²) in [6.07, 6.45) is 4.26. The van der Waals surface area contributed by atoms with Crippen LogP contribution in [-0.2, 0) is 6.42 Å². The third-order valence-corrected chi connectivity index (χ3v) is 3.10. The summed E-state index contributed by atoms with van der Waals surface area (Å²) in [7, 11) is 0. The lowest BCUT2D eigenvalue weighted by atomic mass is 10.1. The van der Waals surface area contributed by atoms with Crippen LogP contribution in [0, 0.1) is 5.82 Å². The van der Waals surface area contributed by atoms with Crippen molar-refractivity contribution in [3.63, 3.8) is 0 Å². The minimum Gasteiger partial charge on any atom is -0.396 e. The first kappa shape index (κ1) is 12.0. The molecule has 0 aliphatic rings. The lowest BCUT2D eigenvalue weighted by Crippen LogP contribution is -1.91. The van der Waals surface area contributed by atoms with Crippen molar-refractivity contribution in [3.8, 4) is 0 Å². The Labute approximate surface area is 114 Å². The van der Waals surface area contributed by atoms with E-state index < -0.39 is 0 Å². The zero-order valence-corrected chi connectivity index (χ0v) is 10.7. The van der Waals surface area contributed by atoms with Gasteiger partial charge in [-0.3, -0.25) is 0 Å². The monoisotopic (exact) mass is 275 g/mol. The van der Waals surface area contributed by atoms with Crippen LogP contribution in [0.1, 0.15) is 11.3 Å². The van der Waals surface area contributed by atoms with E-state index in [1.54, 1.807) is 28.8 Å². The van der Waals surface area contributed by atoms with Crippen molar-refractivity contribution in [2.75, 3.05) is 5.73 Å². The van der Waals surface area contributed by atoms with E-state index in [0.717, 1.165) is 11.3 Å². The van der Waals surface area contributed by atoms with Crippen molar-refractivity contribution >= 4 is 22.9 Å². The van der Waals surface area contributed by atoms with Gasteiger partial charge in [-0.2, -0.15) is 0 Å². The lowest BCUT2D eigenvalue weighted by molar-refractivity contribution is 0.627. The van der Waals surface area contributed by atoms with Crippen LogP contribution < -0.4 is 5.73 Å². The van der Waals surface area contributed by atoms with Crippen LogP contribution >= 0.6 is 11.6 Å². The van der Waals surface area contributed by atoms with Crippen molar-refractivity contribution in [1.82, 2.24) is 9.38 Å². The van der Waals surface area contributed by atoms with Crippen LogP contribution in [0.4, 0.5) is 10.1 Å². The summed E-state index contributed by atoms with van der Waals surface area (Å²) in [5.41, 5.74) is 8.94. The zero-order valence-electron chi connectivity index (χ0n) is 9.98. The van der Waals surface area contributed by atoms with E-state index in [1.807, 2.05) is 6.20 Å². The first-order valence-corrected chi connectivity index (χ1v) is 6.16. The Bertz CT molecular complexity index is 734. The SMILES string of the molecule is Nc1cc(Cl)cn2cc(Cc3ccc(F)cc3)nc12. The van der Waals surface area contributed by atoms with Gasteiger partial charge < -0.3 is 10.1 Å². The molecule has 0 saturated carbocycles. The molecule has 2 N–H and O–H groups in total. The van der Waals surface area contributed by atoms with Gasteiger partial charge in [-0.05, 0) is 23.8 Å². The van der Waals surface area contributed by atoms with Gasteiger partial charge in [0.05, 0.1) is 16.4 Å². The first-order chi connectivity index (χ1) is 9.11. The molecule has 1 aromatic carbocycles. The van der Waals surface area contributed by atoms with Crippen LogP contribution in [0.15, 0.2) is 42.7 Å². The Kier molecular flexibility index (Phi) is 2.87. The molecule has 0 amide bonds. The molecule has 0 fully saturated rings. The highest BCUT2D eigenvalue weighted by Crippen LogP contribution is 2.20. The Morgan fingerprint density at radius 3 is 2.68 bits per heavy atom. The maximum Gasteiger partial charge on any atom is 0.160 e. The number of fused-ring (bicyclic) bond motifs is 1. The standard InChI is InChI=1S/C14H11ClFN3/c15-10-6-13(17)14-18-12(8-19(14)7-10)5-9-1-3-11(16)4-2-9/h1-4,6-8H,5,17H2. The number of halogens is 2. The van der Waals surface area contributed by atoms with Crippen LogP contribution in [0.3, 0.4) is 0 Å². The Morgan fingerprint density at radius 1 is 1.21 bits per heavy atom. The summed E-state index contributed by atoms with van der Waals surface area (Å²) in [4.78, 5) is 4.46. The maximum atomic E-state index is 12.8. The molecule has 3 aromatic rings. The van der Waals surface area contributed by atoms with E-state index in [0.29, 0.717) is 22.8 Å². The molecule has 19 heavy (non-hydrogen) atoms. The fourth-order valence-corrected chi connectivity index (χ4v) is 2.26. The second-order valence-electron chi connectivity index (χ2n) is 4.38. The third kappa shape index (κ3) is 2.39. The molecule has 2 heterocycles. The van der Waals surface area contributed by atoms with Crippen molar-refractivity contribution in [2.45, 2.75) is 6.42 Å². The van der Waals surface area contributed by atoms with E-state index in [9.17, 15) is 4.39 Å². The molecule has 96 valence electrons. The van der Waals surface area contributed by atoms with Gasteiger partial charge in [0.15, 0.2) is 5.65 Å². The topological polar surface area (TPSA) is 43.3 Å². The highest BCUT2D eigenvalue weighted by atomic mass is 35.5. The second kappa shape index (κ2) is 4.55. The molecule has 0 aliphatic carbocycles. The van der Waals surface area contributed by atoms with Crippen LogP contribution in [0.25, 0.3) is 5.65 Å². The highest BCUT2D eigenvalue weighted by molar-refractivity contribution is 6.30. The average molecular weight is 276 g/mol. The van der Waals surface area contributed by atoms with E-state index in [2.05, 4.69) is 4.98 Å². The van der Waals surface area contributed by atoms with Crippen molar-refractivity contribution in [2.24, 2.45) is 0 Å². The van der Waals surface area contributed by atoms with Crippen LogP contribution in [0.2, 0.25) is 5.02 Å². The van der Waals surface area contributed by atoms with E-state index in [1.165, 1.54) is 12.1 Å². The van der Waals surface area contributed by atoms with Gasteiger partial charge in [0.25, 0.3) is 0 Å². The molecule has 0 spiro atoms. The van der Waals surface area contributed by atoms with Crippen molar-refractivity contribution < 1.29 is 4.39 Å². The normalized spacial score (nSPS) is 11.1. The van der Waals surface area contributed by atoms with Gasteiger partial charge in [0, 0.05) is 18.8 Å². The Morgan fingerprint density at radius 2 is 1.95 bits per heavy atom. The Hall–Kier alpha value is -2.07. The van der Waals surface area contributed by atoms with Gasteiger partial charge in [-0.25, -0.2) is 9.37 Å². The minimum atomic E-state index is -0.241. The van der Waals surface area contributed by atoms with Gasteiger partial charge >= 0.3 is 0 Å². The van der Waals surface area contributed by atoms with Gasteiger partial charge in [0.2, 0.25) is 0 Å². The molecule has 3 rings (SSSR count). The molecular formula is C14H11ClFN3. The number of rotatable bonds is 2. The number of nitrogen functional groups attached to an aromatic ring is 1. The first-order valence-electron chi connectivity index (χ1n) is 5.79. The zero-order chi connectivity index (χ0) is 13.4. The minimum absolute atomic E-state index is 0.241. The number of imidazole rings is 1. The molecule has 0 radical (unpaired) electrons. The number of nitrogens with two attached hydrogens (primary N) is 1. The molecule has 0 aliphatic heterocycles. The van der Waals surface area contributed by atoms with Gasteiger partial charge in [-0.15, -0.1) is 0 Å². The summed E-state index contributed by atoms with van der Waals surface area (Å²) in [5.74, 6) is -0.241. The smallest absolute Gasteiger partial charge is 0.160 e. The fraction of sp³-hybridized carbons (Fsp3) is 0.0714. The predicted molar refractivity (Wildman–Crippen MR) is 73.8 cm³/mol. The van der Waals surface area contributed by atoms with Gasteiger partial charge in [0.1, 0.15) is 5.82 Å². The number of hydrogen-bond acceptors (Lipinski definition) is 2. The highest BCUT2D eigenvalue weighted by Gasteiger charge is 2.07. The molecule has 0 bridgehead atoms. The van der Waals surface area contributed by atoms with E-state index in [-0.39, 0.29) is 5.82 Å². The molecule has 0 unspecified atom stereocenters. The third-order valence-electron chi connectivity index (χ3n) is 2.89. The Balaban J connectivity index is 1.97. The maximum absolute atomic E-state index is 12.8. The molecule has 3 nitrogen and oxygen atoms in total. The summed E-state index contributed by atoms with van der Waals surface area (Å²) in [6.45, 7) is 0. The summed E-state index contributed by atoms with van der Waals surface area (Å²) >= 11 is 5.94. The number of benzene rings is 1. The van der Waals surface area contributed by atoms with E-state index >= 15 is 0 Å². The molecular weight excluding hydrogens is 265 g/mol. The second-order valence-corrected chi connectivity index (χ2v) is 4.82. The number of hydrogen-bond donors (Lipinski definition) is 1. The summed E-state index contributed by atoms with van der Waals surface area (Å²) in [5, 5.41) is 0.565. The molecule has 5 heteroatoms. The number of pyridine rings is 1. The van der Waals surface area contributed by atoms with Gasteiger partial charge in [-0.1, -0.05) is 23.7 Å². The number of nitrogens with zero attached hydrogens (tertiary/aromatic N) is 2. The van der Waals surface area contributed by atoms with Crippen molar-refractivity contribution in [1.29, 1.82) is 0 Å². The number of aromatic nitrogens is 2. The fourth-order valence-electron chi connectivity index (χ4n) is 2.04. The molecule has 0 atom stereocenters. The van der Waals surface area contributed by atoms with E-state index in [4.69, 9.17) is 17.3 Å².